The number of aliphatic hydroxyl groups is 1. The van der Waals surface area contributed by atoms with Gasteiger partial charge in [-0.05, 0) is 44.2 Å². The molecule has 1 fully saturated rings. The summed E-state index contributed by atoms with van der Waals surface area (Å²) in [6.07, 6.45) is 1.17. The average Bonchev–Trinajstić information content (AvgIpc) is 2.54. The van der Waals surface area contributed by atoms with Crippen LogP contribution in [0, 0.1) is 19.8 Å². The van der Waals surface area contributed by atoms with Crippen LogP contribution in [0.1, 0.15) is 30.4 Å². The van der Waals surface area contributed by atoms with Crippen LogP contribution in [-0.4, -0.2) is 43.5 Å². The van der Waals surface area contributed by atoms with Crippen molar-refractivity contribution < 1.29 is 19.4 Å². The maximum atomic E-state index is 12.2. The molecule has 0 saturated heterocycles. The SMILES string of the molecule is CO[C@@H]1C[C@H](C(=O)NCCOc2c(C)cccc2C)CC[C@@H]1O. The quantitative estimate of drug-likeness (QED) is 0.786. The number of benzene rings is 1. The summed E-state index contributed by atoms with van der Waals surface area (Å²) in [5.74, 6) is 0.814. The zero-order chi connectivity index (χ0) is 16.8. The Morgan fingerprint density at radius 2 is 2.00 bits per heavy atom. The third kappa shape index (κ3) is 4.69. The first-order valence-electron chi connectivity index (χ1n) is 8.20. The van der Waals surface area contributed by atoms with Crippen molar-refractivity contribution in [2.45, 2.75) is 45.3 Å². The molecule has 1 saturated carbocycles. The van der Waals surface area contributed by atoms with Gasteiger partial charge in [0.2, 0.25) is 5.91 Å². The molecule has 1 aliphatic rings. The minimum absolute atomic E-state index is 0.0176. The number of para-hydroxylation sites is 1. The van der Waals surface area contributed by atoms with Crippen molar-refractivity contribution in [3.05, 3.63) is 29.3 Å². The van der Waals surface area contributed by atoms with Gasteiger partial charge in [0, 0.05) is 13.0 Å². The summed E-state index contributed by atoms with van der Waals surface area (Å²) in [6.45, 7) is 4.95. The normalized spacial score (nSPS) is 24.3. The van der Waals surface area contributed by atoms with Gasteiger partial charge in [0.25, 0.3) is 0 Å². The number of nitrogens with one attached hydrogen (secondary N) is 1. The molecule has 3 atom stereocenters. The van der Waals surface area contributed by atoms with E-state index in [1.807, 2.05) is 32.0 Å². The second-order valence-electron chi connectivity index (χ2n) is 6.21. The van der Waals surface area contributed by atoms with Gasteiger partial charge in [0.1, 0.15) is 12.4 Å². The van der Waals surface area contributed by atoms with Crippen LogP contribution in [0.3, 0.4) is 0 Å². The molecule has 1 aromatic carbocycles. The standard InChI is InChI=1S/C18H27NO4/c1-12-5-4-6-13(2)17(12)23-10-9-19-18(21)14-7-8-15(20)16(11-14)22-3/h4-6,14-16,20H,7-11H2,1-3H3,(H,19,21)/t14-,15+,16-/m1/s1. The smallest absolute Gasteiger partial charge is 0.223 e. The number of ether oxygens (including phenoxy) is 2. The summed E-state index contributed by atoms with van der Waals surface area (Å²) in [5.41, 5.74) is 2.20. The summed E-state index contributed by atoms with van der Waals surface area (Å²) >= 11 is 0. The summed E-state index contributed by atoms with van der Waals surface area (Å²) in [4.78, 5) is 12.2. The molecule has 2 N–H and O–H groups in total. The molecule has 0 aromatic heterocycles. The largest absolute Gasteiger partial charge is 0.491 e. The van der Waals surface area contributed by atoms with Crippen LogP contribution < -0.4 is 10.1 Å². The molecule has 2 rings (SSSR count). The molecule has 128 valence electrons. The number of amides is 1. The summed E-state index contributed by atoms with van der Waals surface area (Å²) < 4.78 is 11.0. The lowest BCUT2D eigenvalue weighted by atomic mass is 9.84. The van der Waals surface area contributed by atoms with E-state index in [9.17, 15) is 9.90 Å². The molecule has 0 unspecified atom stereocenters. The fraction of sp³-hybridized carbons (Fsp3) is 0.611. The molecular weight excluding hydrogens is 294 g/mol. The van der Waals surface area contributed by atoms with Gasteiger partial charge in [-0.15, -0.1) is 0 Å². The Bertz CT molecular complexity index is 512. The van der Waals surface area contributed by atoms with Crippen molar-refractivity contribution in [1.82, 2.24) is 5.32 Å². The number of aliphatic hydroxyl groups excluding tert-OH is 1. The highest BCUT2D eigenvalue weighted by atomic mass is 16.5. The van der Waals surface area contributed by atoms with Gasteiger partial charge in [-0.2, -0.15) is 0 Å². The molecule has 1 aliphatic carbocycles. The topological polar surface area (TPSA) is 67.8 Å². The van der Waals surface area contributed by atoms with E-state index in [2.05, 4.69) is 5.32 Å². The van der Waals surface area contributed by atoms with E-state index in [4.69, 9.17) is 9.47 Å². The summed E-state index contributed by atoms with van der Waals surface area (Å²) in [7, 11) is 1.58. The second kappa shape index (κ2) is 8.31. The van der Waals surface area contributed by atoms with Crippen molar-refractivity contribution in [3.8, 4) is 5.75 Å². The highest BCUT2D eigenvalue weighted by Crippen LogP contribution is 2.26. The number of aryl methyl sites for hydroxylation is 2. The van der Waals surface area contributed by atoms with E-state index in [0.29, 0.717) is 32.4 Å². The Balaban J connectivity index is 1.75. The zero-order valence-electron chi connectivity index (χ0n) is 14.2. The van der Waals surface area contributed by atoms with E-state index < -0.39 is 6.10 Å². The van der Waals surface area contributed by atoms with Crippen molar-refractivity contribution in [2.24, 2.45) is 5.92 Å². The van der Waals surface area contributed by atoms with Crippen molar-refractivity contribution >= 4 is 5.91 Å². The average molecular weight is 321 g/mol. The van der Waals surface area contributed by atoms with Gasteiger partial charge in [-0.25, -0.2) is 0 Å². The highest BCUT2D eigenvalue weighted by molar-refractivity contribution is 5.78. The van der Waals surface area contributed by atoms with Crippen LogP contribution in [0.25, 0.3) is 0 Å². The maximum Gasteiger partial charge on any atom is 0.223 e. The van der Waals surface area contributed by atoms with Gasteiger partial charge in [-0.3, -0.25) is 4.79 Å². The van der Waals surface area contributed by atoms with E-state index in [1.165, 1.54) is 0 Å². The molecule has 5 nitrogen and oxygen atoms in total. The Hall–Kier alpha value is -1.59. The number of rotatable bonds is 6. The summed E-state index contributed by atoms with van der Waals surface area (Å²) in [6, 6.07) is 6.03. The molecule has 0 spiro atoms. The molecular formula is C18H27NO4. The predicted octanol–water partition coefficient (Wildman–Crippen LogP) is 1.97. The molecule has 5 heteroatoms. The number of methoxy groups -OCH3 is 1. The number of carbonyl (C=O) groups excluding carboxylic acids is 1. The monoisotopic (exact) mass is 321 g/mol. The molecule has 0 radical (unpaired) electrons. The molecule has 0 bridgehead atoms. The van der Waals surface area contributed by atoms with Crippen LogP contribution in [-0.2, 0) is 9.53 Å². The van der Waals surface area contributed by atoms with Gasteiger partial charge in [0.15, 0.2) is 0 Å². The van der Waals surface area contributed by atoms with E-state index in [0.717, 1.165) is 16.9 Å². The van der Waals surface area contributed by atoms with Crippen LogP contribution in [0.4, 0.5) is 0 Å². The van der Waals surface area contributed by atoms with Crippen molar-refractivity contribution in [3.63, 3.8) is 0 Å². The lowest BCUT2D eigenvalue weighted by Crippen LogP contribution is -2.42. The first-order chi connectivity index (χ1) is 11.0. The van der Waals surface area contributed by atoms with Gasteiger partial charge in [0.05, 0.1) is 18.8 Å². The van der Waals surface area contributed by atoms with Gasteiger partial charge in [-0.1, -0.05) is 18.2 Å². The number of hydrogen-bond donors (Lipinski definition) is 2. The van der Waals surface area contributed by atoms with E-state index in [1.54, 1.807) is 7.11 Å². The Labute approximate surface area is 138 Å². The lowest BCUT2D eigenvalue weighted by molar-refractivity contribution is -0.130. The number of carbonyl (C=O) groups is 1. The number of hydrogen-bond acceptors (Lipinski definition) is 4. The molecule has 1 amide bonds. The molecule has 0 heterocycles. The minimum atomic E-state index is -0.462. The van der Waals surface area contributed by atoms with Crippen LogP contribution >= 0.6 is 0 Å². The fourth-order valence-corrected chi connectivity index (χ4v) is 3.10. The van der Waals surface area contributed by atoms with Crippen LogP contribution in [0.5, 0.6) is 5.75 Å². The highest BCUT2D eigenvalue weighted by Gasteiger charge is 2.32. The van der Waals surface area contributed by atoms with Crippen molar-refractivity contribution in [2.75, 3.05) is 20.3 Å². The Kier molecular flexibility index (Phi) is 6.42. The third-order valence-corrected chi connectivity index (χ3v) is 4.49. The van der Waals surface area contributed by atoms with Crippen LogP contribution in [0.15, 0.2) is 18.2 Å². The first kappa shape index (κ1) is 17.8. The molecule has 23 heavy (non-hydrogen) atoms. The Morgan fingerprint density at radius 1 is 1.30 bits per heavy atom. The predicted molar refractivity (Wildman–Crippen MR) is 88.6 cm³/mol. The fourth-order valence-electron chi connectivity index (χ4n) is 3.10. The summed E-state index contributed by atoms with van der Waals surface area (Å²) in [5, 5.41) is 12.7. The third-order valence-electron chi connectivity index (χ3n) is 4.49. The first-order valence-corrected chi connectivity index (χ1v) is 8.20. The minimum Gasteiger partial charge on any atom is -0.491 e. The second-order valence-corrected chi connectivity index (χ2v) is 6.21. The molecule has 1 aromatic rings. The maximum absolute atomic E-state index is 12.2. The van der Waals surface area contributed by atoms with Gasteiger partial charge >= 0.3 is 0 Å². The van der Waals surface area contributed by atoms with Crippen LogP contribution in [0.2, 0.25) is 0 Å². The van der Waals surface area contributed by atoms with E-state index in [-0.39, 0.29) is 17.9 Å². The van der Waals surface area contributed by atoms with Gasteiger partial charge < -0.3 is 19.9 Å². The zero-order valence-corrected chi connectivity index (χ0v) is 14.2. The van der Waals surface area contributed by atoms with Crippen molar-refractivity contribution in [1.29, 1.82) is 0 Å². The molecule has 0 aliphatic heterocycles. The van der Waals surface area contributed by atoms with E-state index >= 15 is 0 Å². The lowest BCUT2D eigenvalue weighted by Gasteiger charge is -2.31. The Morgan fingerprint density at radius 3 is 2.65 bits per heavy atom.